The van der Waals surface area contributed by atoms with Crippen LogP contribution >= 0.6 is 0 Å². The number of hydrogen-bond acceptors (Lipinski definition) is 4. The summed E-state index contributed by atoms with van der Waals surface area (Å²) in [6, 6.07) is 8.65. The molecule has 0 saturated heterocycles. The lowest BCUT2D eigenvalue weighted by atomic mass is 10.0. The lowest BCUT2D eigenvalue weighted by Crippen LogP contribution is -2.19. The van der Waals surface area contributed by atoms with E-state index >= 15 is 0 Å². The summed E-state index contributed by atoms with van der Waals surface area (Å²) in [6.45, 7) is 2.02. The van der Waals surface area contributed by atoms with Crippen molar-refractivity contribution in [2.24, 2.45) is 0 Å². The standard InChI is InChI=1S/C16H25NO3/c1-17-16(8-9-19-11-10-18-2)13-4-3-5-15(12-13)20-14-6-7-14/h3-5,12,14,16-17H,6-11H2,1-2H3. The van der Waals surface area contributed by atoms with E-state index in [1.165, 1.54) is 18.4 Å². The van der Waals surface area contributed by atoms with Crippen LogP contribution in [0.3, 0.4) is 0 Å². The SMILES string of the molecule is CNC(CCOCCOC)c1cccc(OC2CC2)c1. The van der Waals surface area contributed by atoms with Crippen molar-refractivity contribution < 1.29 is 14.2 Å². The Labute approximate surface area is 121 Å². The fourth-order valence-corrected chi connectivity index (χ4v) is 2.11. The summed E-state index contributed by atoms with van der Waals surface area (Å²) in [4.78, 5) is 0. The number of benzene rings is 1. The molecule has 0 radical (unpaired) electrons. The smallest absolute Gasteiger partial charge is 0.120 e. The molecule has 1 N–H and O–H groups in total. The van der Waals surface area contributed by atoms with Crippen molar-refractivity contribution in [1.82, 2.24) is 5.32 Å². The van der Waals surface area contributed by atoms with Crippen LogP contribution < -0.4 is 10.1 Å². The molecule has 1 aromatic rings. The highest BCUT2D eigenvalue weighted by molar-refractivity contribution is 5.31. The first-order chi connectivity index (χ1) is 9.83. The van der Waals surface area contributed by atoms with Crippen LogP contribution in [0.2, 0.25) is 0 Å². The minimum absolute atomic E-state index is 0.292. The Morgan fingerprint density at radius 1 is 1.25 bits per heavy atom. The molecule has 20 heavy (non-hydrogen) atoms. The topological polar surface area (TPSA) is 39.7 Å². The molecule has 112 valence electrons. The zero-order valence-electron chi connectivity index (χ0n) is 12.4. The second-order valence-corrected chi connectivity index (χ2v) is 5.12. The molecule has 1 unspecified atom stereocenters. The zero-order chi connectivity index (χ0) is 14.2. The molecule has 4 heteroatoms. The van der Waals surface area contributed by atoms with E-state index < -0.39 is 0 Å². The maximum Gasteiger partial charge on any atom is 0.120 e. The van der Waals surface area contributed by atoms with Gasteiger partial charge in [0.25, 0.3) is 0 Å². The van der Waals surface area contributed by atoms with E-state index in [-0.39, 0.29) is 0 Å². The Morgan fingerprint density at radius 2 is 2.10 bits per heavy atom. The summed E-state index contributed by atoms with van der Waals surface area (Å²) in [6.07, 6.45) is 3.75. The third-order valence-electron chi connectivity index (χ3n) is 3.42. The minimum Gasteiger partial charge on any atom is -0.490 e. The first kappa shape index (κ1) is 15.3. The third-order valence-corrected chi connectivity index (χ3v) is 3.42. The van der Waals surface area contributed by atoms with Crippen LogP contribution in [0, 0.1) is 0 Å². The van der Waals surface area contributed by atoms with Gasteiger partial charge >= 0.3 is 0 Å². The predicted octanol–water partition coefficient (Wildman–Crippen LogP) is 2.54. The lowest BCUT2D eigenvalue weighted by Gasteiger charge is -2.17. The maximum absolute atomic E-state index is 5.84. The Balaban J connectivity index is 1.82. The summed E-state index contributed by atoms with van der Waals surface area (Å²) in [5.41, 5.74) is 1.25. The molecule has 0 spiro atoms. The molecule has 1 atom stereocenters. The quantitative estimate of drug-likeness (QED) is 0.668. The van der Waals surface area contributed by atoms with E-state index in [1.54, 1.807) is 7.11 Å². The largest absolute Gasteiger partial charge is 0.490 e. The molecule has 4 nitrogen and oxygen atoms in total. The van der Waals surface area contributed by atoms with Gasteiger partial charge in [-0.15, -0.1) is 0 Å². The van der Waals surface area contributed by atoms with Gasteiger partial charge in [-0.25, -0.2) is 0 Å². The zero-order valence-corrected chi connectivity index (χ0v) is 12.4. The van der Waals surface area contributed by atoms with Crippen LogP contribution in [0.5, 0.6) is 5.75 Å². The van der Waals surface area contributed by atoms with E-state index in [1.807, 2.05) is 13.1 Å². The van der Waals surface area contributed by atoms with Gasteiger partial charge in [-0.2, -0.15) is 0 Å². The van der Waals surface area contributed by atoms with Gasteiger partial charge in [0.2, 0.25) is 0 Å². The fourth-order valence-electron chi connectivity index (χ4n) is 2.11. The van der Waals surface area contributed by atoms with Crippen molar-refractivity contribution in [1.29, 1.82) is 0 Å². The number of nitrogens with one attached hydrogen (secondary N) is 1. The van der Waals surface area contributed by atoms with Crippen LogP contribution in [0.15, 0.2) is 24.3 Å². The molecule has 1 saturated carbocycles. The van der Waals surface area contributed by atoms with Gasteiger partial charge in [0.15, 0.2) is 0 Å². The highest BCUT2D eigenvalue weighted by Gasteiger charge is 2.23. The predicted molar refractivity (Wildman–Crippen MR) is 79.2 cm³/mol. The van der Waals surface area contributed by atoms with Gasteiger partial charge in [0.05, 0.1) is 19.3 Å². The Hall–Kier alpha value is -1.10. The van der Waals surface area contributed by atoms with Gasteiger partial charge in [0.1, 0.15) is 5.75 Å². The van der Waals surface area contributed by atoms with Gasteiger partial charge < -0.3 is 19.5 Å². The van der Waals surface area contributed by atoms with Crippen molar-refractivity contribution in [3.8, 4) is 5.75 Å². The number of hydrogen-bond donors (Lipinski definition) is 1. The van der Waals surface area contributed by atoms with Crippen molar-refractivity contribution in [3.05, 3.63) is 29.8 Å². The Bertz CT molecular complexity index is 393. The molecular weight excluding hydrogens is 254 g/mol. The van der Waals surface area contributed by atoms with Crippen molar-refractivity contribution >= 4 is 0 Å². The molecule has 2 rings (SSSR count). The van der Waals surface area contributed by atoms with Crippen LogP contribution in [-0.4, -0.2) is 40.1 Å². The van der Waals surface area contributed by atoms with Gasteiger partial charge in [-0.1, -0.05) is 12.1 Å². The summed E-state index contributed by atoms with van der Waals surface area (Å²) in [5, 5.41) is 3.34. The second kappa shape index (κ2) is 8.25. The highest BCUT2D eigenvalue weighted by Crippen LogP contribution is 2.28. The van der Waals surface area contributed by atoms with E-state index in [0.717, 1.165) is 18.8 Å². The van der Waals surface area contributed by atoms with Crippen LogP contribution in [0.4, 0.5) is 0 Å². The molecule has 1 aromatic carbocycles. The summed E-state index contributed by atoms with van der Waals surface area (Å²) in [5.74, 6) is 0.977. The van der Waals surface area contributed by atoms with Gasteiger partial charge in [-0.05, 0) is 44.0 Å². The van der Waals surface area contributed by atoms with E-state index in [9.17, 15) is 0 Å². The number of methoxy groups -OCH3 is 1. The molecule has 1 aliphatic rings. The molecular formula is C16H25NO3. The lowest BCUT2D eigenvalue weighted by molar-refractivity contribution is 0.0660. The van der Waals surface area contributed by atoms with E-state index in [0.29, 0.717) is 25.4 Å². The first-order valence-corrected chi connectivity index (χ1v) is 7.34. The average Bonchev–Trinajstić information content (AvgIpc) is 3.27. The molecule has 1 aliphatic carbocycles. The van der Waals surface area contributed by atoms with Gasteiger partial charge in [-0.3, -0.25) is 0 Å². The van der Waals surface area contributed by atoms with Crippen molar-refractivity contribution in [3.63, 3.8) is 0 Å². The second-order valence-electron chi connectivity index (χ2n) is 5.12. The summed E-state index contributed by atoms with van der Waals surface area (Å²) >= 11 is 0. The van der Waals surface area contributed by atoms with E-state index in [2.05, 4.69) is 23.5 Å². The Kier molecular flexibility index (Phi) is 6.30. The molecule has 0 aromatic heterocycles. The van der Waals surface area contributed by atoms with E-state index in [4.69, 9.17) is 14.2 Å². The monoisotopic (exact) mass is 279 g/mol. The van der Waals surface area contributed by atoms with Gasteiger partial charge in [0, 0.05) is 19.8 Å². The maximum atomic E-state index is 5.84. The Morgan fingerprint density at radius 3 is 2.80 bits per heavy atom. The first-order valence-electron chi connectivity index (χ1n) is 7.34. The molecule has 0 heterocycles. The molecule has 1 fully saturated rings. The highest BCUT2D eigenvalue weighted by atomic mass is 16.5. The van der Waals surface area contributed by atoms with Crippen molar-refractivity contribution in [2.75, 3.05) is 34.0 Å². The third kappa shape index (κ3) is 5.12. The minimum atomic E-state index is 0.292. The summed E-state index contributed by atoms with van der Waals surface area (Å²) in [7, 11) is 3.67. The van der Waals surface area contributed by atoms with Crippen molar-refractivity contribution in [2.45, 2.75) is 31.4 Å². The summed E-state index contributed by atoms with van der Waals surface area (Å²) < 4.78 is 16.3. The number of rotatable bonds is 10. The molecule has 0 bridgehead atoms. The van der Waals surface area contributed by atoms with Crippen LogP contribution in [0.25, 0.3) is 0 Å². The normalized spacial score (nSPS) is 16.1. The number of ether oxygens (including phenoxy) is 3. The molecule has 0 amide bonds. The van der Waals surface area contributed by atoms with Crippen LogP contribution in [-0.2, 0) is 9.47 Å². The van der Waals surface area contributed by atoms with Crippen LogP contribution in [0.1, 0.15) is 30.9 Å². The molecule has 0 aliphatic heterocycles. The fraction of sp³-hybridized carbons (Fsp3) is 0.625. The average molecular weight is 279 g/mol.